The maximum atomic E-state index is 12.1. The Bertz CT molecular complexity index is 1270. The number of aryl methyl sites for hydroxylation is 2. The third-order valence-electron chi connectivity index (χ3n) is 8.34. The van der Waals surface area contributed by atoms with Crippen LogP contribution in [0, 0.1) is 0 Å². The van der Waals surface area contributed by atoms with Gasteiger partial charge in [-0.15, -0.1) is 0 Å². The van der Waals surface area contributed by atoms with Gasteiger partial charge in [-0.25, -0.2) is 0 Å². The number of hydrogen-bond acceptors (Lipinski definition) is 8. The summed E-state index contributed by atoms with van der Waals surface area (Å²) in [5.74, 6) is 2.02. The second-order valence-corrected chi connectivity index (χ2v) is 12.4. The van der Waals surface area contributed by atoms with Gasteiger partial charge in [-0.3, -0.25) is 9.59 Å². The molecule has 2 radical (unpaired) electrons. The molecule has 0 N–H and O–H groups in total. The molecule has 2 saturated heterocycles. The Morgan fingerprint density at radius 3 is 1.74 bits per heavy atom. The van der Waals surface area contributed by atoms with Crippen LogP contribution in [0.5, 0.6) is 11.5 Å². The molecule has 2 heterocycles. The Hall–Kier alpha value is 0.304. The van der Waals surface area contributed by atoms with Gasteiger partial charge in [0.1, 0.15) is 23.7 Å². The monoisotopic (exact) mass is 1050 g/mol. The number of benzene rings is 2. The molecule has 2 aliphatic heterocycles. The minimum absolute atomic E-state index is 0. The summed E-state index contributed by atoms with van der Waals surface area (Å²) in [7, 11) is 4.95. The zero-order chi connectivity index (χ0) is 28.9. The molecule has 6 atom stereocenters. The van der Waals surface area contributed by atoms with Gasteiger partial charge in [0.25, 0.3) is 0 Å². The van der Waals surface area contributed by atoms with E-state index >= 15 is 0 Å². The topological polar surface area (TPSA) is 77.5 Å². The molecule has 0 aromatic heterocycles. The summed E-state index contributed by atoms with van der Waals surface area (Å²) in [6, 6.07) is 12.6. The van der Waals surface area contributed by atoms with Gasteiger partial charge in [-0.2, -0.15) is 0 Å². The van der Waals surface area contributed by atoms with Crippen molar-refractivity contribution in [2.45, 2.75) is 70.2 Å². The number of rotatable bonds is 5. The average Bonchev–Trinajstić information content (AvgIpc) is 3.00. The fourth-order valence-electron chi connectivity index (χ4n) is 6.50. The molecule has 6 rings (SSSR count). The van der Waals surface area contributed by atoms with Crippen LogP contribution >= 0.6 is 40.2 Å². The molecule has 2 aromatic rings. The first-order chi connectivity index (χ1) is 19.9. The Morgan fingerprint density at radius 1 is 0.837 bits per heavy atom. The second kappa shape index (κ2) is 18.0. The maximum absolute atomic E-state index is 12.1. The van der Waals surface area contributed by atoms with E-state index in [4.69, 9.17) is 17.8 Å². The van der Waals surface area contributed by atoms with E-state index in [2.05, 4.69) is 35.1 Å². The average molecular weight is 1050 g/mol. The van der Waals surface area contributed by atoms with E-state index in [0.29, 0.717) is 32.7 Å². The van der Waals surface area contributed by atoms with Crippen LogP contribution in [0.25, 0.3) is 0 Å². The van der Waals surface area contributed by atoms with Gasteiger partial charge in [-0.05, 0) is 89.1 Å². The molecule has 0 saturated carbocycles. The van der Waals surface area contributed by atoms with E-state index in [-0.39, 0.29) is 90.7 Å². The number of carbonyl (C=O) groups is 2. The third-order valence-corrected chi connectivity index (χ3v) is 9.50. The fourth-order valence-corrected chi connectivity index (χ4v) is 7.60. The van der Waals surface area contributed by atoms with Crippen LogP contribution in [0.1, 0.15) is 67.6 Å². The van der Waals surface area contributed by atoms with Gasteiger partial charge in [0.2, 0.25) is 11.8 Å². The van der Waals surface area contributed by atoms with E-state index in [9.17, 15) is 9.59 Å². The molecular formula is C29H42N2O6P2S2Tl2. The van der Waals surface area contributed by atoms with Crippen molar-refractivity contribution in [3.8, 4) is 11.5 Å². The van der Waals surface area contributed by atoms with Crippen LogP contribution in [-0.4, -0.2) is 115 Å². The minimum atomic E-state index is -0.0190. The Labute approximate surface area is 307 Å². The molecule has 2 amide bonds. The molecule has 0 spiro atoms. The zero-order valence-electron chi connectivity index (χ0n) is 25.5. The molecule has 0 bridgehead atoms. The summed E-state index contributed by atoms with van der Waals surface area (Å²) in [6.07, 6.45) is 4.44. The van der Waals surface area contributed by atoms with Crippen LogP contribution in [0.2, 0.25) is 0 Å². The van der Waals surface area contributed by atoms with Crippen LogP contribution in [0.15, 0.2) is 36.4 Å². The van der Waals surface area contributed by atoms with E-state index in [0.717, 1.165) is 37.2 Å². The second-order valence-electron chi connectivity index (χ2n) is 10.5. The van der Waals surface area contributed by atoms with Crippen LogP contribution < -0.4 is 8.37 Å². The molecule has 2 fully saturated rings. The summed E-state index contributed by atoms with van der Waals surface area (Å²) in [5, 5.41) is 0. The quantitative estimate of drug-likeness (QED) is 0.253. The number of hydrogen-bond donors (Lipinski definition) is 0. The van der Waals surface area contributed by atoms with E-state index in [1.807, 2.05) is 34.9 Å². The van der Waals surface area contributed by atoms with Crippen molar-refractivity contribution >= 4 is 107 Å². The summed E-state index contributed by atoms with van der Waals surface area (Å²) in [5.41, 5.74) is 4.96. The third kappa shape index (κ3) is 8.81. The van der Waals surface area contributed by atoms with Crippen molar-refractivity contribution in [1.82, 2.24) is 9.80 Å². The fraction of sp³-hybridized carbons (Fsp3) is 0.517. The summed E-state index contributed by atoms with van der Waals surface area (Å²) < 4.78 is 22.9. The molecular weight excluding hydrogens is 1010 g/mol. The molecule has 2 unspecified atom stereocenters. The molecule has 8 nitrogen and oxygen atoms in total. The number of ether oxygens (including phenoxy) is 2. The summed E-state index contributed by atoms with van der Waals surface area (Å²) in [6.45, 7) is 6.18. The Morgan fingerprint density at radius 2 is 1.30 bits per heavy atom. The van der Waals surface area contributed by atoms with Crippen molar-refractivity contribution in [3.05, 3.63) is 58.7 Å². The van der Waals surface area contributed by atoms with Gasteiger partial charge in [0, 0.05) is 26.4 Å². The number of morpholine rings is 2. The SMILES string of the molecule is CC(=O)N1CCO[C@@H]2c3cc(OSP)ccc3CC[C@H]21.[11CH3]CC(=O)N1CCO[C@@H]2c3cc(OSP)ccc3CC[C@H]21.[TlH2].[TlH2]. The predicted molar refractivity (Wildman–Crippen MR) is 187 cm³/mol. The van der Waals surface area contributed by atoms with Crippen LogP contribution in [-0.2, 0) is 31.9 Å². The van der Waals surface area contributed by atoms with Gasteiger partial charge < -0.3 is 27.6 Å². The van der Waals surface area contributed by atoms with Crippen molar-refractivity contribution < 1.29 is 27.4 Å². The van der Waals surface area contributed by atoms with Gasteiger partial charge >= 0.3 is 54.6 Å². The van der Waals surface area contributed by atoms with Crippen molar-refractivity contribution in [3.63, 3.8) is 0 Å². The molecule has 14 heteroatoms. The van der Waals surface area contributed by atoms with E-state index < -0.39 is 0 Å². The number of fused-ring (bicyclic) bond motifs is 6. The molecule has 232 valence electrons. The van der Waals surface area contributed by atoms with Crippen LogP contribution in [0.3, 0.4) is 0 Å². The first-order valence-corrected chi connectivity index (χ1v) is 18.5. The number of amides is 2. The molecule has 2 aliphatic carbocycles. The van der Waals surface area contributed by atoms with Gasteiger partial charge in [-0.1, -0.05) is 19.1 Å². The van der Waals surface area contributed by atoms with Crippen molar-refractivity contribution in [2.75, 3.05) is 26.3 Å². The number of carbonyl (C=O) groups excluding carboxylic acids is 2. The van der Waals surface area contributed by atoms with Gasteiger partial charge in [0.15, 0.2) is 0 Å². The standard InChI is InChI=1S/C15H20NO3PS.C14H18NO3PS.2Tl.4H/c1-2-14(17)16-7-8-18-15-12-9-11(19-21-20)5-3-10(12)4-6-13(15)16;1-9(16)15-6-7-17-14-12-8-11(18-20-19)4-2-10(12)3-5-13(14)15;;;;;;/h3,5,9,13,15H,2,4,6-8,20H2,1H3;2,4,8,13-14H,3,5-7,19H2,1H3;;;;;;/t13-,15-;13-,14-;;;;;;/m11....../s1/i1-1;;;;;;;. The van der Waals surface area contributed by atoms with Crippen molar-refractivity contribution in [1.29, 1.82) is 0 Å². The van der Waals surface area contributed by atoms with E-state index in [1.54, 1.807) is 6.92 Å². The van der Waals surface area contributed by atoms with Gasteiger partial charge in [0.05, 0.1) is 48.6 Å². The van der Waals surface area contributed by atoms with E-state index in [1.165, 1.54) is 45.6 Å². The summed E-state index contributed by atoms with van der Waals surface area (Å²) in [4.78, 5) is 27.9. The first kappa shape index (κ1) is 37.8. The Balaban J connectivity index is 0.000000225. The first-order valence-electron chi connectivity index (χ1n) is 14.1. The molecule has 43 heavy (non-hydrogen) atoms. The number of nitrogens with zero attached hydrogens (tertiary/aromatic N) is 2. The molecule has 4 aliphatic rings. The van der Waals surface area contributed by atoms with Crippen molar-refractivity contribution in [2.24, 2.45) is 0 Å². The predicted octanol–water partition coefficient (Wildman–Crippen LogP) is 4.03. The zero-order valence-corrected chi connectivity index (χ0v) is 44.9. The molecule has 2 aromatic carbocycles. The Kier molecular flexibility index (Phi) is 15.8. The summed E-state index contributed by atoms with van der Waals surface area (Å²) >= 11 is 2.51. The van der Waals surface area contributed by atoms with Crippen LogP contribution in [0.4, 0.5) is 0 Å². The normalized spacial score (nSPS) is 23.3.